The summed E-state index contributed by atoms with van der Waals surface area (Å²) in [7, 11) is 0. The van der Waals surface area contributed by atoms with Gasteiger partial charge in [-0.25, -0.2) is 0 Å². The normalized spacial score (nSPS) is 12.4. The Hall–Kier alpha value is -2.90. The molecule has 4 heteroatoms. The number of rotatable bonds is 6. The van der Waals surface area contributed by atoms with Crippen LogP contribution in [0.2, 0.25) is 0 Å². The fourth-order valence-corrected chi connectivity index (χ4v) is 2.35. The third-order valence-electron chi connectivity index (χ3n) is 3.54. The Balaban J connectivity index is 2.26. The minimum Gasteiger partial charge on any atom is -0.466 e. The van der Waals surface area contributed by atoms with Gasteiger partial charge in [0.25, 0.3) is 0 Å². The summed E-state index contributed by atoms with van der Waals surface area (Å²) < 4.78 is 4.78. The highest BCUT2D eigenvalue weighted by molar-refractivity contribution is 5.96. The van der Waals surface area contributed by atoms with Crippen LogP contribution >= 0.6 is 0 Å². The zero-order valence-corrected chi connectivity index (χ0v) is 14.1. The molecule has 0 spiro atoms. The van der Waals surface area contributed by atoms with Crippen molar-refractivity contribution in [2.24, 2.45) is 0 Å². The predicted octanol–water partition coefficient (Wildman–Crippen LogP) is 2.84. The molecule has 1 unspecified atom stereocenters. The summed E-state index contributed by atoms with van der Waals surface area (Å²) >= 11 is 0. The first-order valence-electron chi connectivity index (χ1n) is 8.07. The summed E-state index contributed by atoms with van der Waals surface area (Å²) in [5, 5.41) is 11.0. The van der Waals surface area contributed by atoms with E-state index in [1.165, 1.54) is 0 Å². The number of Topliss-reactive ketones (excluding diaryl/α,β-unsaturated/α-hetero) is 1. The second-order valence-corrected chi connectivity index (χ2v) is 5.54. The third-order valence-corrected chi connectivity index (χ3v) is 3.54. The number of carbonyl (C=O) groups is 2. The summed E-state index contributed by atoms with van der Waals surface area (Å²) in [5.41, 5.74) is -0.425. The molecule has 0 saturated heterocycles. The van der Waals surface area contributed by atoms with Gasteiger partial charge in [0.2, 0.25) is 0 Å². The molecule has 0 aliphatic rings. The van der Waals surface area contributed by atoms with E-state index in [0.717, 1.165) is 5.56 Å². The standard InChI is InChI=1S/C21H20O4/c1-2-25-20(23)15-19(22)16-21(24,18-11-7-4-8-12-18)14-13-17-9-5-3-6-10-17/h3-12,24H,2,15-16H2,1H3. The quantitative estimate of drug-likeness (QED) is 0.500. The van der Waals surface area contributed by atoms with Crippen LogP contribution < -0.4 is 0 Å². The molecule has 0 fully saturated rings. The van der Waals surface area contributed by atoms with Crippen LogP contribution in [0.1, 0.15) is 30.9 Å². The van der Waals surface area contributed by atoms with Crippen LogP contribution in [0, 0.1) is 11.8 Å². The van der Waals surface area contributed by atoms with Gasteiger partial charge in [-0.05, 0) is 24.6 Å². The van der Waals surface area contributed by atoms with Gasteiger partial charge in [-0.1, -0.05) is 60.4 Å². The zero-order valence-electron chi connectivity index (χ0n) is 14.1. The summed E-state index contributed by atoms with van der Waals surface area (Å²) in [6.07, 6.45) is -0.661. The lowest BCUT2D eigenvalue weighted by atomic mass is 9.88. The number of ether oxygens (including phenoxy) is 1. The smallest absolute Gasteiger partial charge is 0.313 e. The minimum absolute atomic E-state index is 0.211. The second-order valence-electron chi connectivity index (χ2n) is 5.54. The topological polar surface area (TPSA) is 63.6 Å². The van der Waals surface area contributed by atoms with E-state index in [4.69, 9.17) is 4.74 Å². The number of carbonyl (C=O) groups excluding carboxylic acids is 2. The Kier molecular flexibility index (Phi) is 6.50. The number of hydrogen-bond acceptors (Lipinski definition) is 4. The summed E-state index contributed by atoms with van der Waals surface area (Å²) in [6, 6.07) is 18.0. The monoisotopic (exact) mass is 336 g/mol. The van der Waals surface area contributed by atoms with Crippen LogP contribution in [-0.4, -0.2) is 23.5 Å². The fourth-order valence-electron chi connectivity index (χ4n) is 2.35. The van der Waals surface area contributed by atoms with E-state index in [1.807, 2.05) is 36.4 Å². The van der Waals surface area contributed by atoms with Gasteiger partial charge in [0.15, 0.2) is 5.60 Å². The van der Waals surface area contributed by atoms with Crippen LogP contribution in [0.15, 0.2) is 60.7 Å². The van der Waals surface area contributed by atoms with E-state index < -0.39 is 17.4 Å². The molecule has 1 N–H and O–H groups in total. The lowest BCUT2D eigenvalue weighted by Crippen LogP contribution is -2.28. The van der Waals surface area contributed by atoms with E-state index in [2.05, 4.69) is 11.8 Å². The molecule has 0 radical (unpaired) electrons. The Morgan fingerprint density at radius 3 is 2.24 bits per heavy atom. The lowest BCUT2D eigenvalue weighted by Gasteiger charge is -2.22. The lowest BCUT2D eigenvalue weighted by molar-refractivity contribution is -0.146. The molecule has 2 rings (SSSR count). The molecule has 2 aromatic carbocycles. The Bertz CT molecular complexity index is 772. The number of benzene rings is 2. The minimum atomic E-state index is -1.67. The average molecular weight is 336 g/mol. The van der Waals surface area contributed by atoms with Gasteiger partial charge in [0, 0.05) is 5.56 Å². The second kappa shape index (κ2) is 8.81. The van der Waals surface area contributed by atoms with Gasteiger partial charge < -0.3 is 9.84 Å². The molecule has 0 aliphatic heterocycles. The van der Waals surface area contributed by atoms with Gasteiger partial charge >= 0.3 is 5.97 Å². The Morgan fingerprint density at radius 1 is 1.04 bits per heavy atom. The van der Waals surface area contributed by atoms with Gasteiger partial charge in [-0.2, -0.15) is 0 Å². The van der Waals surface area contributed by atoms with Crippen molar-refractivity contribution in [1.29, 1.82) is 0 Å². The zero-order chi connectivity index (χ0) is 18.1. The Labute approximate surface area is 147 Å². The first-order valence-corrected chi connectivity index (χ1v) is 8.07. The summed E-state index contributed by atoms with van der Waals surface area (Å²) in [5.74, 6) is 4.67. The van der Waals surface area contributed by atoms with Crippen molar-refractivity contribution >= 4 is 11.8 Å². The molecule has 128 valence electrons. The number of ketones is 1. The van der Waals surface area contributed by atoms with Gasteiger partial charge in [-0.15, -0.1) is 0 Å². The molecule has 0 bridgehead atoms. The Morgan fingerprint density at radius 2 is 1.64 bits per heavy atom. The maximum absolute atomic E-state index is 12.2. The van der Waals surface area contributed by atoms with Gasteiger partial charge in [0.1, 0.15) is 12.2 Å². The van der Waals surface area contributed by atoms with E-state index in [-0.39, 0.29) is 19.4 Å². The number of aliphatic hydroxyl groups is 1. The molecule has 4 nitrogen and oxygen atoms in total. The first kappa shape index (κ1) is 18.4. The van der Waals surface area contributed by atoms with Crippen LogP contribution in [0.25, 0.3) is 0 Å². The molecular formula is C21H20O4. The van der Waals surface area contributed by atoms with E-state index >= 15 is 0 Å². The first-order chi connectivity index (χ1) is 12.0. The SMILES string of the molecule is CCOC(=O)CC(=O)CC(O)(C#Cc1ccccc1)c1ccccc1. The van der Waals surface area contributed by atoms with Gasteiger partial charge in [0.05, 0.1) is 13.0 Å². The number of esters is 1. The van der Waals surface area contributed by atoms with Crippen LogP contribution in [0.5, 0.6) is 0 Å². The van der Waals surface area contributed by atoms with Crippen molar-refractivity contribution in [2.75, 3.05) is 6.61 Å². The van der Waals surface area contributed by atoms with Crippen molar-refractivity contribution in [3.8, 4) is 11.8 Å². The maximum Gasteiger partial charge on any atom is 0.313 e. The average Bonchev–Trinajstić information content (AvgIpc) is 2.61. The van der Waals surface area contributed by atoms with E-state index in [0.29, 0.717) is 5.56 Å². The molecule has 0 aliphatic carbocycles. The maximum atomic E-state index is 12.2. The molecule has 2 aromatic rings. The fraction of sp³-hybridized carbons (Fsp3) is 0.238. The van der Waals surface area contributed by atoms with Crippen molar-refractivity contribution in [2.45, 2.75) is 25.4 Å². The molecular weight excluding hydrogens is 316 g/mol. The molecule has 0 heterocycles. The molecule has 1 atom stereocenters. The van der Waals surface area contributed by atoms with E-state index in [9.17, 15) is 14.7 Å². The molecule has 25 heavy (non-hydrogen) atoms. The molecule has 0 amide bonds. The van der Waals surface area contributed by atoms with Crippen LogP contribution in [0.3, 0.4) is 0 Å². The van der Waals surface area contributed by atoms with Crippen molar-refractivity contribution in [1.82, 2.24) is 0 Å². The van der Waals surface area contributed by atoms with E-state index in [1.54, 1.807) is 31.2 Å². The van der Waals surface area contributed by atoms with Gasteiger partial charge in [-0.3, -0.25) is 9.59 Å². The highest BCUT2D eigenvalue weighted by Gasteiger charge is 2.31. The highest BCUT2D eigenvalue weighted by Crippen LogP contribution is 2.25. The largest absolute Gasteiger partial charge is 0.466 e. The molecule has 0 saturated carbocycles. The number of hydrogen-bond donors (Lipinski definition) is 1. The third kappa shape index (κ3) is 5.59. The summed E-state index contributed by atoms with van der Waals surface area (Å²) in [6.45, 7) is 1.89. The van der Waals surface area contributed by atoms with Crippen molar-refractivity contribution in [3.63, 3.8) is 0 Å². The molecule has 0 aromatic heterocycles. The highest BCUT2D eigenvalue weighted by atomic mass is 16.5. The van der Waals surface area contributed by atoms with Crippen LogP contribution in [-0.2, 0) is 19.9 Å². The van der Waals surface area contributed by atoms with Crippen molar-refractivity contribution in [3.05, 3.63) is 71.8 Å². The predicted molar refractivity (Wildman–Crippen MR) is 94.5 cm³/mol. The van der Waals surface area contributed by atoms with Crippen molar-refractivity contribution < 1.29 is 19.4 Å². The van der Waals surface area contributed by atoms with Crippen LogP contribution in [0.4, 0.5) is 0 Å². The summed E-state index contributed by atoms with van der Waals surface area (Å²) in [4.78, 5) is 23.7.